The quantitative estimate of drug-likeness (QED) is 0.694. The lowest BCUT2D eigenvalue weighted by atomic mass is 10.2. The lowest BCUT2D eigenvalue weighted by Gasteiger charge is -2.23. The molecule has 0 spiro atoms. The maximum absolute atomic E-state index is 12.7. The van der Waals surface area contributed by atoms with Crippen LogP contribution in [0.15, 0.2) is 29.9 Å². The van der Waals surface area contributed by atoms with Crippen LogP contribution in [-0.2, 0) is 4.79 Å². The molecule has 1 aliphatic heterocycles. The van der Waals surface area contributed by atoms with Crippen molar-refractivity contribution in [1.82, 2.24) is 20.5 Å². The highest BCUT2D eigenvalue weighted by Crippen LogP contribution is 2.23. The summed E-state index contributed by atoms with van der Waals surface area (Å²) >= 11 is 7.28. The summed E-state index contributed by atoms with van der Waals surface area (Å²) in [6, 6.07) is 4.52. The first-order valence-corrected chi connectivity index (χ1v) is 10.9. The van der Waals surface area contributed by atoms with Crippen molar-refractivity contribution >= 4 is 40.7 Å². The van der Waals surface area contributed by atoms with Gasteiger partial charge in [-0.1, -0.05) is 11.6 Å². The fraction of sp³-hybridized carbons (Fsp3) is 0.400. The highest BCUT2D eigenvalue weighted by molar-refractivity contribution is 7.11. The predicted molar refractivity (Wildman–Crippen MR) is 114 cm³/mol. The van der Waals surface area contributed by atoms with Crippen LogP contribution in [0.2, 0.25) is 5.02 Å². The highest BCUT2D eigenvalue weighted by Gasteiger charge is 2.22. The standard InChI is InChI=1S/C20H23ClN4O4S/c1-13-11-29-16-5-4-14(21)8-15(16)19(27)23-6-2-3-7-25(10-18(26)24-13)20(28)17-9-22-12-30-17/h4-5,8-9,12-13H,2-3,6-7,10-11H2,1H3,(H,23,27)(H,24,26)/t13-/m1/s1. The lowest BCUT2D eigenvalue weighted by molar-refractivity contribution is -0.122. The molecule has 0 saturated heterocycles. The number of carbonyl (C=O) groups is 3. The lowest BCUT2D eigenvalue weighted by Crippen LogP contribution is -2.45. The van der Waals surface area contributed by atoms with Gasteiger partial charge in [0.1, 0.15) is 17.2 Å². The van der Waals surface area contributed by atoms with Crippen LogP contribution in [0.5, 0.6) is 5.75 Å². The van der Waals surface area contributed by atoms with E-state index in [1.54, 1.807) is 30.6 Å². The second-order valence-electron chi connectivity index (χ2n) is 6.98. The summed E-state index contributed by atoms with van der Waals surface area (Å²) in [5, 5.41) is 6.13. The van der Waals surface area contributed by atoms with E-state index in [-0.39, 0.29) is 36.9 Å². The Labute approximate surface area is 183 Å². The van der Waals surface area contributed by atoms with Crippen LogP contribution in [-0.4, -0.2) is 59.9 Å². The first-order chi connectivity index (χ1) is 14.4. The molecular weight excluding hydrogens is 428 g/mol. The zero-order valence-corrected chi connectivity index (χ0v) is 18.1. The van der Waals surface area contributed by atoms with Gasteiger partial charge in [-0.25, -0.2) is 0 Å². The van der Waals surface area contributed by atoms with Crippen LogP contribution in [0.3, 0.4) is 0 Å². The summed E-state index contributed by atoms with van der Waals surface area (Å²) < 4.78 is 5.76. The molecule has 1 atom stereocenters. The molecule has 1 aliphatic rings. The molecule has 160 valence electrons. The SMILES string of the molecule is C[C@@H]1COc2ccc(Cl)cc2C(=O)NCCCCN(C(=O)c2cncs2)CC(=O)N1. The van der Waals surface area contributed by atoms with Crippen LogP contribution < -0.4 is 15.4 Å². The number of thiazole rings is 1. The van der Waals surface area contributed by atoms with E-state index < -0.39 is 0 Å². The first-order valence-electron chi connectivity index (χ1n) is 9.61. The van der Waals surface area contributed by atoms with Crippen molar-refractivity contribution in [3.8, 4) is 5.75 Å². The number of nitrogens with zero attached hydrogens (tertiary/aromatic N) is 2. The number of aromatic nitrogens is 1. The van der Waals surface area contributed by atoms with E-state index in [1.807, 2.05) is 0 Å². The maximum Gasteiger partial charge on any atom is 0.266 e. The summed E-state index contributed by atoms with van der Waals surface area (Å²) in [6.07, 6.45) is 2.78. The van der Waals surface area contributed by atoms with Gasteiger partial charge in [0.25, 0.3) is 11.8 Å². The average molecular weight is 451 g/mol. The minimum Gasteiger partial charge on any atom is -0.491 e. The van der Waals surface area contributed by atoms with E-state index in [0.29, 0.717) is 47.1 Å². The van der Waals surface area contributed by atoms with E-state index >= 15 is 0 Å². The second-order valence-corrected chi connectivity index (χ2v) is 8.30. The molecule has 0 aliphatic carbocycles. The fourth-order valence-corrected chi connectivity index (χ4v) is 3.77. The summed E-state index contributed by atoms with van der Waals surface area (Å²) in [5.41, 5.74) is 1.93. The number of hydrogen-bond acceptors (Lipinski definition) is 6. The van der Waals surface area contributed by atoms with Gasteiger partial charge in [0, 0.05) is 18.1 Å². The van der Waals surface area contributed by atoms with Gasteiger partial charge in [-0.2, -0.15) is 0 Å². The Bertz CT molecular complexity index is 906. The minimum atomic E-state index is -0.324. The molecular formula is C20H23ClN4O4S. The summed E-state index contributed by atoms with van der Waals surface area (Å²) in [6.45, 7) is 2.72. The summed E-state index contributed by atoms with van der Waals surface area (Å²) in [4.78, 5) is 43.7. The Balaban J connectivity index is 1.74. The summed E-state index contributed by atoms with van der Waals surface area (Å²) in [7, 11) is 0. The smallest absolute Gasteiger partial charge is 0.266 e. The van der Waals surface area contributed by atoms with Crippen LogP contribution in [0, 0.1) is 0 Å². The van der Waals surface area contributed by atoms with Gasteiger partial charge < -0.3 is 20.3 Å². The monoisotopic (exact) mass is 450 g/mol. The third kappa shape index (κ3) is 5.93. The Hall–Kier alpha value is -2.65. The van der Waals surface area contributed by atoms with E-state index in [0.717, 1.165) is 0 Å². The van der Waals surface area contributed by atoms with Crippen LogP contribution in [0.25, 0.3) is 0 Å². The molecule has 0 unspecified atom stereocenters. The van der Waals surface area contributed by atoms with E-state index in [9.17, 15) is 14.4 Å². The fourth-order valence-electron chi connectivity index (χ4n) is 3.01. The zero-order valence-electron chi connectivity index (χ0n) is 16.5. The number of benzene rings is 1. The molecule has 3 amide bonds. The molecule has 2 N–H and O–H groups in total. The Morgan fingerprint density at radius 2 is 2.17 bits per heavy atom. The van der Waals surface area contributed by atoms with E-state index in [4.69, 9.17) is 16.3 Å². The number of carbonyl (C=O) groups excluding carboxylic acids is 3. The van der Waals surface area contributed by atoms with Crippen LogP contribution in [0.1, 0.15) is 39.8 Å². The molecule has 2 aromatic rings. The van der Waals surface area contributed by atoms with Crippen molar-refractivity contribution in [2.24, 2.45) is 0 Å². The largest absolute Gasteiger partial charge is 0.491 e. The average Bonchev–Trinajstić information content (AvgIpc) is 3.25. The van der Waals surface area contributed by atoms with Crippen molar-refractivity contribution in [2.75, 3.05) is 26.2 Å². The predicted octanol–water partition coefficient (Wildman–Crippen LogP) is 2.35. The molecule has 30 heavy (non-hydrogen) atoms. The number of nitrogens with one attached hydrogen (secondary N) is 2. The van der Waals surface area contributed by atoms with Crippen molar-refractivity contribution in [1.29, 1.82) is 0 Å². The third-order valence-electron chi connectivity index (χ3n) is 4.49. The minimum absolute atomic E-state index is 0.0559. The third-order valence-corrected chi connectivity index (χ3v) is 5.48. The molecule has 0 fully saturated rings. The van der Waals surface area contributed by atoms with E-state index in [2.05, 4.69) is 15.6 Å². The first kappa shape index (κ1) is 22.0. The molecule has 1 aromatic carbocycles. The molecule has 1 aromatic heterocycles. The molecule has 0 bridgehead atoms. The van der Waals surface area contributed by atoms with Crippen molar-refractivity contribution < 1.29 is 19.1 Å². The highest BCUT2D eigenvalue weighted by atomic mass is 35.5. The molecule has 10 heteroatoms. The molecule has 3 rings (SSSR count). The molecule has 8 nitrogen and oxygen atoms in total. The number of amides is 3. The number of fused-ring (bicyclic) bond motifs is 1. The van der Waals surface area contributed by atoms with E-state index in [1.165, 1.54) is 22.4 Å². The number of ether oxygens (including phenoxy) is 1. The Morgan fingerprint density at radius 1 is 1.33 bits per heavy atom. The number of hydrogen-bond donors (Lipinski definition) is 2. The molecule has 2 heterocycles. The van der Waals surface area contributed by atoms with Crippen LogP contribution >= 0.6 is 22.9 Å². The van der Waals surface area contributed by atoms with Gasteiger partial charge >= 0.3 is 0 Å². The van der Waals surface area contributed by atoms with Crippen LogP contribution in [0.4, 0.5) is 0 Å². The van der Waals surface area contributed by atoms with Gasteiger partial charge in [-0.15, -0.1) is 11.3 Å². The van der Waals surface area contributed by atoms with Gasteiger partial charge in [0.2, 0.25) is 5.91 Å². The maximum atomic E-state index is 12.7. The number of rotatable bonds is 1. The van der Waals surface area contributed by atoms with Crippen molar-refractivity contribution in [3.63, 3.8) is 0 Å². The van der Waals surface area contributed by atoms with Gasteiger partial charge in [-0.05, 0) is 38.0 Å². The molecule has 0 saturated carbocycles. The normalized spacial score (nSPS) is 18.9. The van der Waals surface area contributed by atoms with Gasteiger partial charge in [0.05, 0.1) is 29.9 Å². The molecule has 0 radical (unpaired) electrons. The second kappa shape index (κ2) is 10.4. The topological polar surface area (TPSA) is 101 Å². The zero-order chi connectivity index (χ0) is 21.5. The van der Waals surface area contributed by atoms with Gasteiger partial charge in [-0.3, -0.25) is 19.4 Å². The summed E-state index contributed by atoms with van der Waals surface area (Å²) in [5.74, 6) is -0.386. The Morgan fingerprint density at radius 3 is 2.93 bits per heavy atom. The Kier molecular flexibility index (Phi) is 7.64. The van der Waals surface area contributed by atoms with Gasteiger partial charge in [0.15, 0.2) is 0 Å². The number of halogens is 1. The van der Waals surface area contributed by atoms with Crippen molar-refractivity contribution in [2.45, 2.75) is 25.8 Å². The van der Waals surface area contributed by atoms with Crippen molar-refractivity contribution in [3.05, 3.63) is 45.4 Å².